The smallest absolute Gasteiger partial charge is 0.390 e. The van der Waals surface area contributed by atoms with Crippen LogP contribution in [0.15, 0.2) is 18.2 Å². The average Bonchev–Trinajstić information content (AvgIpc) is 2.16. The second-order valence-electron chi connectivity index (χ2n) is 3.24. The van der Waals surface area contributed by atoms with Crippen LogP contribution in [0.4, 0.5) is 13.2 Å². The standard InChI is InChI=1S/C9H10F3NO2/c1-8(15,9(10,11)12)7-4-2-3-6(5-14)13-7/h2-4,14-15H,5H2,1H3. The van der Waals surface area contributed by atoms with Crippen molar-refractivity contribution >= 4 is 0 Å². The second kappa shape index (κ2) is 3.79. The number of aromatic nitrogens is 1. The first-order valence-electron chi connectivity index (χ1n) is 4.15. The number of hydrogen-bond donors (Lipinski definition) is 2. The first kappa shape index (κ1) is 11.9. The first-order valence-corrected chi connectivity index (χ1v) is 4.15. The fraction of sp³-hybridized carbons (Fsp3) is 0.444. The van der Waals surface area contributed by atoms with Gasteiger partial charge in [0.25, 0.3) is 0 Å². The molecule has 2 N–H and O–H groups in total. The van der Waals surface area contributed by atoms with Gasteiger partial charge in [0, 0.05) is 0 Å². The summed E-state index contributed by atoms with van der Waals surface area (Å²) in [6, 6.07) is 3.73. The fourth-order valence-electron chi connectivity index (χ4n) is 0.984. The summed E-state index contributed by atoms with van der Waals surface area (Å²) in [6.07, 6.45) is -4.80. The third-order valence-corrected chi connectivity index (χ3v) is 2.02. The van der Waals surface area contributed by atoms with E-state index in [-0.39, 0.29) is 5.69 Å². The van der Waals surface area contributed by atoms with Crippen molar-refractivity contribution < 1.29 is 23.4 Å². The van der Waals surface area contributed by atoms with Crippen molar-refractivity contribution in [3.05, 3.63) is 29.6 Å². The molecule has 0 saturated heterocycles. The topological polar surface area (TPSA) is 53.4 Å². The molecule has 0 radical (unpaired) electrons. The van der Waals surface area contributed by atoms with E-state index in [1.54, 1.807) is 0 Å². The van der Waals surface area contributed by atoms with E-state index in [1.165, 1.54) is 12.1 Å². The lowest BCUT2D eigenvalue weighted by Gasteiger charge is -2.25. The number of aliphatic hydroxyl groups is 2. The van der Waals surface area contributed by atoms with Crippen molar-refractivity contribution in [2.24, 2.45) is 0 Å². The lowest BCUT2D eigenvalue weighted by molar-refractivity contribution is -0.260. The Bertz CT molecular complexity index is 349. The maximum atomic E-state index is 12.4. The number of rotatable bonds is 2. The van der Waals surface area contributed by atoms with Crippen molar-refractivity contribution in [2.45, 2.75) is 25.3 Å². The lowest BCUT2D eigenvalue weighted by atomic mass is 10.0. The van der Waals surface area contributed by atoms with Gasteiger partial charge in [0.1, 0.15) is 0 Å². The van der Waals surface area contributed by atoms with Gasteiger partial charge in [0.05, 0.1) is 18.0 Å². The predicted octanol–water partition coefficient (Wildman–Crippen LogP) is 1.34. The molecule has 15 heavy (non-hydrogen) atoms. The summed E-state index contributed by atoms with van der Waals surface area (Å²) in [5, 5.41) is 18.0. The zero-order valence-electron chi connectivity index (χ0n) is 7.91. The zero-order chi connectivity index (χ0) is 11.7. The first-order chi connectivity index (χ1) is 6.79. The molecule has 1 heterocycles. The molecule has 1 unspecified atom stereocenters. The molecule has 0 bridgehead atoms. The largest absolute Gasteiger partial charge is 0.422 e. The van der Waals surface area contributed by atoms with Gasteiger partial charge in [0.2, 0.25) is 0 Å². The highest BCUT2D eigenvalue weighted by atomic mass is 19.4. The third-order valence-electron chi connectivity index (χ3n) is 2.02. The van der Waals surface area contributed by atoms with E-state index in [2.05, 4.69) is 4.98 Å². The van der Waals surface area contributed by atoms with Crippen molar-refractivity contribution in [3.8, 4) is 0 Å². The monoisotopic (exact) mass is 221 g/mol. The summed E-state index contributed by atoms with van der Waals surface area (Å²) in [5.74, 6) is 0. The van der Waals surface area contributed by atoms with E-state index in [1.807, 2.05) is 0 Å². The summed E-state index contributed by atoms with van der Waals surface area (Å²) in [5.41, 5.74) is -3.45. The molecular formula is C9H10F3NO2. The van der Waals surface area contributed by atoms with Gasteiger partial charge in [-0.1, -0.05) is 6.07 Å². The zero-order valence-corrected chi connectivity index (χ0v) is 7.91. The lowest BCUT2D eigenvalue weighted by Crippen LogP contribution is -2.40. The molecule has 84 valence electrons. The average molecular weight is 221 g/mol. The number of aliphatic hydroxyl groups excluding tert-OH is 1. The van der Waals surface area contributed by atoms with E-state index in [9.17, 15) is 18.3 Å². The number of nitrogens with zero attached hydrogens (tertiary/aromatic N) is 1. The van der Waals surface area contributed by atoms with E-state index in [0.29, 0.717) is 6.92 Å². The minimum Gasteiger partial charge on any atom is -0.390 e. The molecular weight excluding hydrogens is 211 g/mol. The van der Waals surface area contributed by atoms with E-state index in [0.717, 1.165) is 6.07 Å². The van der Waals surface area contributed by atoms with Crippen LogP contribution in [0.5, 0.6) is 0 Å². The molecule has 0 saturated carbocycles. The van der Waals surface area contributed by atoms with Crippen LogP contribution < -0.4 is 0 Å². The molecule has 0 amide bonds. The Morgan fingerprint density at radius 1 is 1.33 bits per heavy atom. The minimum absolute atomic E-state index is 0.0806. The normalized spacial score (nSPS) is 16.1. The summed E-state index contributed by atoms with van der Waals surface area (Å²) in [7, 11) is 0. The van der Waals surface area contributed by atoms with E-state index >= 15 is 0 Å². The Labute approximate surface area is 84.2 Å². The van der Waals surface area contributed by atoms with Gasteiger partial charge in [-0.2, -0.15) is 13.2 Å². The van der Waals surface area contributed by atoms with Crippen LogP contribution in [0, 0.1) is 0 Å². The quantitative estimate of drug-likeness (QED) is 0.792. The van der Waals surface area contributed by atoms with Gasteiger partial charge in [-0.3, -0.25) is 4.98 Å². The third kappa shape index (κ3) is 2.27. The van der Waals surface area contributed by atoms with Crippen LogP contribution in [0.2, 0.25) is 0 Å². The van der Waals surface area contributed by atoms with Crippen LogP contribution in [-0.4, -0.2) is 21.4 Å². The molecule has 0 spiro atoms. The van der Waals surface area contributed by atoms with Crippen molar-refractivity contribution in [2.75, 3.05) is 0 Å². The SMILES string of the molecule is CC(O)(c1cccc(CO)n1)C(F)(F)F. The van der Waals surface area contributed by atoms with E-state index < -0.39 is 24.1 Å². The Morgan fingerprint density at radius 3 is 2.40 bits per heavy atom. The van der Waals surface area contributed by atoms with Gasteiger partial charge >= 0.3 is 6.18 Å². The summed E-state index contributed by atoms with van der Waals surface area (Å²) < 4.78 is 37.2. The van der Waals surface area contributed by atoms with Gasteiger partial charge in [-0.25, -0.2) is 0 Å². The van der Waals surface area contributed by atoms with Crippen LogP contribution >= 0.6 is 0 Å². The number of hydrogen-bond acceptors (Lipinski definition) is 3. The molecule has 0 aliphatic rings. The van der Waals surface area contributed by atoms with Crippen LogP contribution in [0.25, 0.3) is 0 Å². The number of halogens is 3. The summed E-state index contributed by atoms with van der Waals surface area (Å²) in [4.78, 5) is 3.51. The number of pyridine rings is 1. The van der Waals surface area contributed by atoms with Crippen LogP contribution in [0.3, 0.4) is 0 Å². The molecule has 6 heteroatoms. The molecule has 0 fully saturated rings. The minimum atomic E-state index is -4.80. The molecule has 0 aliphatic carbocycles. The molecule has 0 aromatic carbocycles. The Balaban J connectivity index is 3.15. The van der Waals surface area contributed by atoms with Gasteiger partial charge < -0.3 is 10.2 Å². The highest BCUT2D eigenvalue weighted by Gasteiger charge is 2.52. The maximum absolute atomic E-state index is 12.4. The molecule has 0 aliphatic heterocycles. The molecule has 1 rings (SSSR count). The number of alkyl halides is 3. The summed E-state index contributed by atoms with van der Waals surface area (Å²) in [6.45, 7) is 0.151. The van der Waals surface area contributed by atoms with E-state index in [4.69, 9.17) is 5.11 Å². The predicted molar refractivity (Wildman–Crippen MR) is 45.8 cm³/mol. The molecule has 3 nitrogen and oxygen atoms in total. The Hall–Kier alpha value is -1.14. The van der Waals surface area contributed by atoms with Gasteiger partial charge in [-0.05, 0) is 19.1 Å². The fourth-order valence-corrected chi connectivity index (χ4v) is 0.984. The Morgan fingerprint density at radius 2 is 1.93 bits per heavy atom. The van der Waals surface area contributed by atoms with Gasteiger partial charge in [-0.15, -0.1) is 0 Å². The van der Waals surface area contributed by atoms with Crippen LogP contribution in [0.1, 0.15) is 18.3 Å². The Kier molecular flexibility index (Phi) is 3.01. The van der Waals surface area contributed by atoms with Crippen LogP contribution in [-0.2, 0) is 12.2 Å². The van der Waals surface area contributed by atoms with Gasteiger partial charge in [0.15, 0.2) is 5.60 Å². The highest BCUT2D eigenvalue weighted by molar-refractivity contribution is 5.17. The second-order valence-corrected chi connectivity index (χ2v) is 3.24. The maximum Gasteiger partial charge on any atom is 0.422 e. The van der Waals surface area contributed by atoms with Crippen molar-refractivity contribution in [3.63, 3.8) is 0 Å². The summed E-state index contributed by atoms with van der Waals surface area (Å²) >= 11 is 0. The molecule has 1 atom stereocenters. The highest BCUT2D eigenvalue weighted by Crippen LogP contribution is 2.37. The molecule has 1 aromatic rings. The van der Waals surface area contributed by atoms with Crippen molar-refractivity contribution in [1.82, 2.24) is 4.98 Å². The van der Waals surface area contributed by atoms with Crippen molar-refractivity contribution in [1.29, 1.82) is 0 Å². The molecule has 1 aromatic heterocycles.